The van der Waals surface area contributed by atoms with Crippen LogP contribution in [0.3, 0.4) is 0 Å². The van der Waals surface area contributed by atoms with E-state index in [1.54, 1.807) is 19.1 Å². The maximum Gasteiger partial charge on any atom is 0.350 e. The highest BCUT2D eigenvalue weighted by Crippen LogP contribution is 2.37. The molecular weight excluding hydrogens is 418 g/mol. The minimum atomic E-state index is -0.538. The number of nitrogens with one attached hydrogen (secondary N) is 1. The first-order chi connectivity index (χ1) is 15.0. The molecule has 0 aliphatic heterocycles. The summed E-state index contributed by atoms with van der Waals surface area (Å²) in [6.45, 7) is 1.90. The third-order valence-corrected chi connectivity index (χ3v) is 5.50. The van der Waals surface area contributed by atoms with Crippen LogP contribution in [0.4, 0.5) is 16.5 Å². The van der Waals surface area contributed by atoms with E-state index < -0.39 is 10.9 Å². The molecular formula is C22H17N3O5S. The fourth-order valence-corrected chi connectivity index (χ4v) is 3.98. The van der Waals surface area contributed by atoms with Gasteiger partial charge in [-0.1, -0.05) is 35.6 Å². The zero-order chi connectivity index (χ0) is 22.0. The molecule has 0 spiro atoms. The van der Waals surface area contributed by atoms with E-state index in [1.165, 1.54) is 24.3 Å². The largest absolute Gasteiger partial charge is 0.506 e. The van der Waals surface area contributed by atoms with Gasteiger partial charge in [0, 0.05) is 17.7 Å². The lowest BCUT2D eigenvalue weighted by atomic mass is 10.1. The predicted molar refractivity (Wildman–Crippen MR) is 119 cm³/mol. The van der Waals surface area contributed by atoms with Gasteiger partial charge < -0.3 is 15.2 Å². The number of hydrogen-bond acceptors (Lipinski definition) is 8. The van der Waals surface area contributed by atoms with Gasteiger partial charge >= 0.3 is 5.97 Å². The number of thiazole rings is 1. The molecule has 9 heteroatoms. The van der Waals surface area contributed by atoms with Crippen LogP contribution < -0.4 is 5.32 Å². The Morgan fingerprint density at radius 3 is 2.48 bits per heavy atom. The molecule has 0 bridgehead atoms. The Labute approximate surface area is 180 Å². The summed E-state index contributed by atoms with van der Waals surface area (Å²) in [7, 11) is 0. The van der Waals surface area contributed by atoms with Crippen LogP contribution >= 0.6 is 11.3 Å². The minimum Gasteiger partial charge on any atom is -0.506 e. The zero-order valence-electron chi connectivity index (χ0n) is 16.4. The van der Waals surface area contributed by atoms with Gasteiger partial charge in [0.1, 0.15) is 10.6 Å². The number of fused-ring (bicyclic) bond motifs is 1. The summed E-state index contributed by atoms with van der Waals surface area (Å²) < 4.78 is 5.14. The van der Waals surface area contributed by atoms with E-state index >= 15 is 0 Å². The van der Waals surface area contributed by atoms with Crippen molar-refractivity contribution in [3.05, 3.63) is 75.7 Å². The number of ether oxygens (including phenoxy) is 1. The number of esters is 1. The van der Waals surface area contributed by atoms with Crippen LogP contribution in [0, 0.1) is 10.1 Å². The average Bonchev–Trinajstić information content (AvgIpc) is 3.18. The van der Waals surface area contributed by atoms with Crippen LogP contribution in [-0.2, 0) is 4.74 Å². The molecule has 3 aromatic carbocycles. The average molecular weight is 435 g/mol. The van der Waals surface area contributed by atoms with E-state index in [1.807, 2.05) is 24.3 Å². The van der Waals surface area contributed by atoms with Gasteiger partial charge in [0.2, 0.25) is 0 Å². The van der Waals surface area contributed by atoms with Crippen molar-refractivity contribution in [2.45, 2.75) is 6.92 Å². The molecule has 0 atom stereocenters. The first kappa shape index (κ1) is 20.3. The third-order valence-electron chi connectivity index (χ3n) is 4.55. The zero-order valence-corrected chi connectivity index (χ0v) is 17.2. The Bertz CT molecular complexity index is 1280. The lowest BCUT2D eigenvalue weighted by Gasteiger charge is -2.07. The standard InChI is InChI=1S/C22H17N3O5S/c1-2-30-21(27)20-19(13-7-9-16(10-8-13)25(28)29)24-22(31-20)23-17-11-14-5-3-4-6-15(14)12-18(17)26/h3-12,26H,2H2,1H3,(H,23,24). The molecule has 0 amide bonds. The molecule has 2 N–H and O–H groups in total. The number of aromatic hydroxyl groups is 1. The van der Waals surface area contributed by atoms with E-state index in [0.717, 1.165) is 22.1 Å². The molecule has 0 aliphatic carbocycles. The number of benzene rings is 3. The van der Waals surface area contributed by atoms with Gasteiger partial charge in [-0.15, -0.1) is 0 Å². The van der Waals surface area contributed by atoms with Gasteiger partial charge in [0.15, 0.2) is 5.13 Å². The predicted octanol–water partition coefficient (Wildman–Crippen LogP) is 5.50. The van der Waals surface area contributed by atoms with Crippen molar-refractivity contribution in [1.29, 1.82) is 0 Å². The Hall–Kier alpha value is -3.98. The van der Waals surface area contributed by atoms with Crippen molar-refractivity contribution in [3.8, 4) is 17.0 Å². The van der Waals surface area contributed by atoms with Crippen molar-refractivity contribution >= 4 is 44.6 Å². The van der Waals surface area contributed by atoms with Crippen LogP contribution in [0.5, 0.6) is 5.75 Å². The van der Waals surface area contributed by atoms with Crippen molar-refractivity contribution < 1.29 is 19.6 Å². The smallest absolute Gasteiger partial charge is 0.350 e. The molecule has 4 aromatic rings. The van der Waals surface area contributed by atoms with E-state index in [9.17, 15) is 20.0 Å². The molecule has 31 heavy (non-hydrogen) atoms. The van der Waals surface area contributed by atoms with Crippen LogP contribution in [-0.4, -0.2) is 27.6 Å². The number of aromatic nitrogens is 1. The molecule has 0 radical (unpaired) electrons. The molecule has 1 heterocycles. The number of nitro groups is 1. The van der Waals surface area contributed by atoms with Crippen molar-refractivity contribution in [1.82, 2.24) is 4.98 Å². The van der Waals surface area contributed by atoms with Crippen molar-refractivity contribution in [2.75, 3.05) is 11.9 Å². The Morgan fingerprint density at radius 1 is 1.16 bits per heavy atom. The van der Waals surface area contributed by atoms with Crippen molar-refractivity contribution in [3.63, 3.8) is 0 Å². The van der Waals surface area contributed by atoms with E-state index in [2.05, 4.69) is 10.3 Å². The Kier molecular flexibility index (Phi) is 5.50. The Balaban J connectivity index is 1.74. The molecule has 8 nitrogen and oxygen atoms in total. The lowest BCUT2D eigenvalue weighted by molar-refractivity contribution is -0.384. The second kappa shape index (κ2) is 8.41. The number of carbonyl (C=O) groups excluding carboxylic acids is 1. The SMILES string of the molecule is CCOC(=O)c1sc(Nc2cc3ccccc3cc2O)nc1-c1ccc([N+](=O)[O-])cc1. The summed E-state index contributed by atoms with van der Waals surface area (Å²) in [5, 5.41) is 26.6. The van der Waals surface area contributed by atoms with E-state index in [-0.39, 0.29) is 22.9 Å². The molecule has 0 fully saturated rings. The van der Waals surface area contributed by atoms with E-state index in [4.69, 9.17) is 4.74 Å². The van der Waals surface area contributed by atoms with Gasteiger partial charge in [0.25, 0.3) is 5.69 Å². The highest BCUT2D eigenvalue weighted by atomic mass is 32.1. The molecule has 1 aromatic heterocycles. The van der Waals surface area contributed by atoms with E-state index in [0.29, 0.717) is 22.1 Å². The highest BCUT2D eigenvalue weighted by molar-refractivity contribution is 7.18. The second-order valence-corrected chi connectivity index (χ2v) is 7.56. The number of nitrogens with zero attached hydrogens (tertiary/aromatic N) is 2. The second-order valence-electron chi connectivity index (χ2n) is 6.56. The monoisotopic (exact) mass is 435 g/mol. The number of phenolic OH excluding ortho intramolecular Hbond substituents is 1. The molecule has 0 unspecified atom stereocenters. The van der Waals surface area contributed by atoms with Gasteiger partial charge in [0.05, 0.1) is 22.9 Å². The third kappa shape index (κ3) is 4.17. The summed E-state index contributed by atoms with van der Waals surface area (Å²) in [5.74, 6) is -0.493. The topological polar surface area (TPSA) is 115 Å². The van der Waals surface area contributed by atoms with Gasteiger partial charge in [-0.25, -0.2) is 9.78 Å². The van der Waals surface area contributed by atoms with Gasteiger partial charge in [-0.05, 0) is 42.0 Å². The molecule has 0 aliphatic rings. The summed E-state index contributed by atoms with van der Waals surface area (Å²) in [5.41, 5.74) is 1.27. The molecule has 4 rings (SSSR count). The van der Waals surface area contributed by atoms with Gasteiger partial charge in [-0.2, -0.15) is 0 Å². The number of carbonyl (C=O) groups is 1. The first-order valence-electron chi connectivity index (χ1n) is 9.38. The summed E-state index contributed by atoms with van der Waals surface area (Å²) in [6.07, 6.45) is 0. The summed E-state index contributed by atoms with van der Waals surface area (Å²) >= 11 is 1.08. The number of rotatable bonds is 6. The summed E-state index contributed by atoms with van der Waals surface area (Å²) in [6, 6.07) is 16.8. The minimum absolute atomic E-state index is 0.0449. The van der Waals surface area contributed by atoms with Crippen LogP contribution in [0.25, 0.3) is 22.0 Å². The maximum atomic E-state index is 12.5. The molecule has 0 saturated heterocycles. The number of nitro benzene ring substituents is 1. The van der Waals surface area contributed by atoms with Gasteiger partial charge in [-0.3, -0.25) is 10.1 Å². The van der Waals surface area contributed by atoms with Crippen LogP contribution in [0.15, 0.2) is 60.7 Å². The van der Waals surface area contributed by atoms with Crippen LogP contribution in [0.2, 0.25) is 0 Å². The quantitative estimate of drug-likeness (QED) is 0.178. The maximum absolute atomic E-state index is 12.5. The normalized spacial score (nSPS) is 10.7. The fraction of sp³-hybridized carbons (Fsp3) is 0.0909. The molecule has 0 saturated carbocycles. The number of phenols is 1. The first-order valence-corrected chi connectivity index (χ1v) is 10.2. The number of anilines is 2. The Morgan fingerprint density at radius 2 is 1.84 bits per heavy atom. The van der Waals surface area contributed by atoms with Crippen LogP contribution in [0.1, 0.15) is 16.6 Å². The molecule has 156 valence electrons. The van der Waals surface area contributed by atoms with Crippen molar-refractivity contribution in [2.24, 2.45) is 0 Å². The highest BCUT2D eigenvalue weighted by Gasteiger charge is 2.22. The number of hydrogen-bond donors (Lipinski definition) is 2. The fourth-order valence-electron chi connectivity index (χ4n) is 3.09. The number of non-ortho nitro benzene ring substituents is 1. The lowest BCUT2D eigenvalue weighted by Crippen LogP contribution is -2.04. The summed E-state index contributed by atoms with van der Waals surface area (Å²) in [4.78, 5) is 27.7.